The van der Waals surface area contributed by atoms with Gasteiger partial charge in [-0.25, -0.2) is 4.79 Å². The van der Waals surface area contributed by atoms with Crippen LogP contribution in [0.5, 0.6) is 0 Å². The third-order valence-electron chi connectivity index (χ3n) is 3.28. The lowest BCUT2D eigenvalue weighted by Gasteiger charge is -2.21. The van der Waals surface area contributed by atoms with E-state index in [9.17, 15) is 9.59 Å². The summed E-state index contributed by atoms with van der Waals surface area (Å²) in [4.78, 5) is 23.0. The molecular weight excluding hydrogens is 244 g/mol. The van der Waals surface area contributed by atoms with Gasteiger partial charge in [0.05, 0.1) is 25.5 Å². The van der Waals surface area contributed by atoms with Crippen LogP contribution in [0.3, 0.4) is 0 Å². The van der Waals surface area contributed by atoms with Crippen LogP contribution >= 0.6 is 0 Å². The van der Waals surface area contributed by atoms with Crippen LogP contribution in [0.1, 0.15) is 34.7 Å². The summed E-state index contributed by atoms with van der Waals surface area (Å²) in [5.41, 5.74) is 1.54. The number of allylic oxidation sites excluding steroid dienone is 2. The second-order valence-electron chi connectivity index (χ2n) is 4.50. The number of benzene rings is 1. The maximum absolute atomic E-state index is 11.6. The van der Waals surface area contributed by atoms with Crippen LogP contribution in [0.2, 0.25) is 0 Å². The van der Waals surface area contributed by atoms with E-state index in [1.54, 1.807) is 25.3 Å². The van der Waals surface area contributed by atoms with Crippen molar-refractivity contribution in [1.29, 1.82) is 0 Å². The highest BCUT2D eigenvalue weighted by molar-refractivity contribution is 5.92. The zero-order valence-electron chi connectivity index (χ0n) is 11.0. The van der Waals surface area contributed by atoms with Gasteiger partial charge in [0.25, 0.3) is 0 Å². The minimum Gasteiger partial charge on any atom is -0.501 e. The topological polar surface area (TPSA) is 52.6 Å². The molecule has 1 aliphatic carbocycles. The second-order valence-corrected chi connectivity index (χ2v) is 4.50. The minimum atomic E-state index is -0.358. The van der Waals surface area contributed by atoms with E-state index in [-0.39, 0.29) is 17.7 Å². The van der Waals surface area contributed by atoms with Crippen molar-refractivity contribution in [3.8, 4) is 0 Å². The second kappa shape index (κ2) is 5.69. The molecule has 2 rings (SSSR count). The number of ether oxygens (including phenoxy) is 2. The highest BCUT2D eigenvalue weighted by Gasteiger charge is 2.22. The Balaban J connectivity index is 2.17. The van der Waals surface area contributed by atoms with Gasteiger partial charge in [0.15, 0.2) is 5.78 Å². The van der Waals surface area contributed by atoms with Crippen molar-refractivity contribution in [1.82, 2.24) is 0 Å². The quantitative estimate of drug-likeness (QED) is 0.783. The fourth-order valence-electron chi connectivity index (χ4n) is 2.24. The average Bonchev–Trinajstić information content (AvgIpc) is 2.46. The molecule has 1 aromatic carbocycles. The number of esters is 1. The van der Waals surface area contributed by atoms with Crippen LogP contribution in [-0.4, -0.2) is 26.0 Å². The maximum Gasteiger partial charge on any atom is 0.337 e. The zero-order valence-corrected chi connectivity index (χ0v) is 11.0. The van der Waals surface area contributed by atoms with E-state index in [0.29, 0.717) is 24.2 Å². The molecule has 4 heteroatoms. The lowest BCUT2D eigenvalue weighted by molar-refractivity contribution is -0.115. The Morgan fingerprint density at radius 3 is 2.42 bits per heavy atom. The number of rotatable bonds is 3. The van der Waals surface area contributed by atoms with Gasteiger partial charge < -0.3 is 9.47 Å². The summed E-state index contributed by atoms with van der Waals surface area (Å²) in [6.45, 7) is 0. The lowest BCUT2D eigenvalue weighted by Crippen LogP contribution is -2.13. The van der Waals surface area contributed by atoms with Crippen molar-refractivity contribution in [3.63, 3.8) is 0 Å². The average molecular weight is 260 g/mol. The third kappa shape index (κ3) is 3.02. The molecule has 0 saturated carbocycles. The van der Waals surface area contributed by atoms with Gasteiger partial charge in [0.1, 0.15) is 0 Å². The van der Waals surface area contributed by atoms with Crippen LogP contribution in [-0.2, 0) is 14.3 Å². The monoisotopic (exact) mass is 260 g/mol. The van der Waals surface area contributed by atoms with E-state index in [1.807, 2.05) is 12.1 Å². The molecule has 1 atom stereocenters. The first kappa shape index (κ1) is 13.3. The SMILES string of the molecule is COC(=O)c1ccc(C2CC(=O)C=C(OC)C2)cc1. The molecule has 0 bridgehead atoms. The number of methoxy groups -OCH3 is 2. The number of ketones is 1. The molecule has 0 aliphatic heterocycles. The molecule has 1 aliphatic rings. The van der Waals surface area contributed by atoms with Crippen molar-refractivity contribution in [2.24, 2.45) is 0 Å². The van der Waals surface area contributed by atoms with Gasteiger partial charge in [-0.15, -0.1) is 0 Å². The molecule has 0 fully saturated rings. The Morgan fingerprint density at radius 1 is 1.16 bits per heavy atom. The lowest BCUT2D eigenvalue weighted by atomic mass is 9.86. The predicted molar refractivity (Wildman–Crippen MR) is 69.9 cm³/mol. The number of carbonyl (C=O) groups excluding carboxylic acids is 2. The van der Waals surface area contributed by atoms with Crippen molar-refractivity contribution in [2.45, 2.75) is 18.8 Å². The Labute approximate surface area is 112 Å². The van der Waals surface area contributed by atoms with Crippen molar-refractivity contribution in [3.05, 3.63) is 47.2 Å². The molecule has 0 N–H and O–H groups in total. The van der Waals surface area contributed by atoms with E-state index < -0.39 is 0 Å². The first-order valence-corrected chi connectivity index (χ1v) is 6.09. The largest absolute Gasteiger partial charge is 0.501 e. The van der Waals surface area contributed by atoms with Crippen LogP contribution in [0, 0.1) is 0 Å². The summed E-state index contributed by atoms with van der Waals surface area (Å²) in [5, 5.41) is 0. The van der Waals surface area contributed by atoms with Crippen LogP contribution < -0.4 is 0 Å². The van der Waals surface area contributed by atoms with Gasteiger partial charge in [0.2, 0.25) is 0 Å². The molecule has 0 aromatic heterocycles. The van der Waals surface area contributed by atoms with Crippen molar-refractivity contribution < 1.29 is 19.1 Å². The summed E-state index contributed by atoms with van der Waals surface area (Å²) < 4.78 is 9.81. The predicted octanol–water partition coefficient (Wildman–Crippen LogP) is 2.45. The Bertz CT molecular complexity index is 513. The highest BCUT2D eigenvalue weighted by atomic mass is 16.5. The van der Waals surface area contributed by atoms with Gasteiger partial charge in [0, 0.05) is 18.9 Å². The highest BCUT2D eigenvalue weighted by Crippen LogP contribution is 2.31. The summed E-state index contributed by atoms with van der Waals surface area (Å²) in [6, 6.07) is 7.17. The van der Waals surface area contributed by atoms with Crippen molar-refractivity contribution >= 4 is 11.8 Å². The summed E-state index contributed by atoms with van der Waals surface area (Å²) in [7, 11) is 2.92. The van der Waals surface area contributed by atoms with E-state index in [1.165, 1.54) is 7.11 Å². The van der Waals surface area contributed by atoms with E-state index in [4.69, 9.17) is 4.74 Å². The number of carbonyl (C=O) groups is 2. The molecule has 100 valence electrons. The summed E-state index contributed by atoms with van der Waals surface area (Å²) in [6.07, 6.45) is 2.74. The molecule has 0 radical (unpaired) electrons. The summed E-state index contributed by atoms with van der Waals surface area (Å²) in [5.74, 6) is 0.534. The normalized spacial score (nSPS) is 18.7. The Morgan fingerprint density at radius 2 is 1.84 bits per heavy atom. The molecule has 0 saturated heterocycles. The molecule has 0 amide bonds. The number of hydrogen-bond acceptors (Lipinski definition) is 4. The smallest absolute Gasteiger partial charge is 0.337 e. The van der Waals surface area contributed by atoms with Crippen LogP contribution in [0.15, 0.2) is 36.1 Å². The summed E-state index contributed by atoms with van der Waals surface area (Å²) >= 11 is 0. The van der Waals surface area contributed by atoms with Crippen molar-refractivity contribution in [2.75, 3.05) is 14.2 Å². The Hall–Kier alpha value is -2.10. The maximum atomic E-state index is 11.6. The zero-order chi connectivity index (χ0) is 13.8. The van der Waals surface area contributed by atoms with Gasteiger partial charge in [-0.1, -0.05) is 12.1 Å². The fraction of sp³-hybridized carbons (Fsp3) is 0.333. The molecule has 1 unspecified atom stereocenters. The first-order chi connectivity index (χ1) is 9.13. The molecule has 19 heavy (non-hydrogen) atoms. The van der Waals surface area contributed by atoms with Gasteiger partial charge in [-0.2, -0.15) is 0 Å². The molecule has 1 aromatic rings. The first-order valence-electron chi connectivity index (χ1n) is 6.09. The van der Waals surface area contributed by atoms with Crippen LogP contribution in [0.4, 0.5) is 0 Å². The van der Waals surface area contributed by atoms with Gasteiger partial charge >= 0.3 is 5.97 Å². The minimum absolute atomic E-state index is 0.0742. The van der Waals surface area contributed by atoms with Gasteiger partial charge in [-0.05, 0) is 23.6 Å². The van der Waals surface area contributed by atoms with E-state index >= 15 is 0 Å². The standard InChI is InChI=1S/C15H16O4/c1-18-14-8-12(7-13(16)9-14)10-3-5-11(6-4-10)15(17)19-2/h3-6,9,12H,7-8H2,1-2H3. The van der Waals surface area contributed by atoms with E-state index in [0.717, 1.165) is 5.56 Å². The van der Waals surface area contributed by atoms with Crippen LogP contribution in [0.25, 0.3) is 0 Å². The molecular formula is C15H16O4. The Kier molecular flexibility index (Phi) is 4.00. The third-order valence-corrected chi connectivity index (χ3v) is 3.28. The fourth-order valence-corrected chi connectivity index (χ4v) is 2.24. The molecule has 4 nitrogen and oxygen atoms in total. The molecule has 0 spiro atoms. The van der Waals surface area contributed by atoms with Gasteiger partial charge in [-0.3, -0.25) is 4.79 Å². The molecule has 0 heterocycles. The number of hydrogen-bond donors (Lipinski definition) is 0. The van der Waals surface area contributed by atoms with E-state index in [2.05, 4.69) is 4.74 Å².